The molecule has 1 saturated carbocycles. The van der Waals surface area contributed by atoms with Gasteiger partial charge in [-0.2, -0.15) is 0 Å². The maximum absolute atomic E-state index is 11.1. The predicted molar refractivity (Wildman–Crippen MR) is 58.9 cm³/mol. The molecule has 2 heteroatoms. The molecule has 0 aromatic heterocycles. The monoisotopic (exact) mass is 197 g/mol. The van der Waals surface area contributed by atoms with E-state index in [4.69, 9.17) is 0 Å². The molecule has 3 unspecified atom stereocenters. The van der Waals surface area contributed by atoms with Crippen molar-refractivity contribution in [1.29, 1.82) is 0 Å². The molecule has 2 nitrogen and oxygen atoms in total. The molecule has 1 rings (SSSR count). The van der Waals surface area contributed by atoms with Crippen LogP contribution in [0.3, 0.4) is 0 Å². The summed E-state index contributed by atoms with van der Waals surface area (Å²) in [7, 11) is 0. The van der Waals surface area contributed by atoms with Crippen molar-refractivity contribution < 1.29 is 4.79 Å². The number of carbonyl (C=O) groups excluding carboxylic acids is 1. The molecular weight excluding hydrogens is 174 g/mol. The number of carbonyl (C=O) groups is 1. The van der Waals surface area contributed by atoms with Crippen LogP contribution in [0, 0.1) is 17.8 Å². The van der Waals surface area contributed by atoms with E-state index in [1.165, 1.54) is 12.8 Å². The third-order valence-corrected chi connectivity index (χ3v) is 3.41. The molecule has 1 N–H and O–H groups in total. The standard InChI is InChI=1S/C12H23NO/c1-8(2)11-6-5-9(3)7-12(11)13-10(4)14/h8-9,11-12H,5-7H2,1-4H3,(H,13,14). The smallest absolute Gasteiger partial charge is 0.217 e. The molecule has 0 bridgehead atoms. The summed E-state index contributed by atoms with van der Waals surface area (Å²) in [5, 5.41) is 3.10. The van der Waals surface area contributed by atoms with E-state index in [1.807, 2.05) is 0 Å². The fourth-order valence-corrected chi connectivity index (χ4v) is 2.63. The minimum absolute atomic E-state index is 0.120. The Morgan fingerprint density at radius 3 is 2.50 bits per heavy atom. The van der Waals surface area contributed by atoms with Gasteiger partial charge < -0.3 is 5.32 Å². The van der Waals surface area contributed by atoms with Crippen molar-refractivity contribution in [3.05, 3.63) is 0 Å². The zero-order chi connectivity index (χ0) is 10.7. The Labute approximate surface area is 87.5 Å². The van der Waals surface area contributed by atoms with Crippen LogP contribution in [0.4, 0.5) is 0 Å². The van der Waals surface area contributed by atoms with Crippen LogP contribution in [0.1, 0.15) is 47.0 Å². The highest BCUT2D eigenvalue weighted by atomic mass is 16.1. The SMILES string of the molecule is CC(=O)NC1CC(C)CCC1C(C)C. The van der Waals surface area contributed by atoms with Gasteiger partial charge in [-0.15, -0.1) is 0 Å². The molecule has 3 atom stereocenters. The average molecular weight is 197 g/mol. The first-order valence-electron chi connectivity index (χ1n) is 5.77. The van der Waals surface area contributed by atoms with Crippen LogP contribution in [0.5, 0.6) is 0 Å². The van der Waals surface area contributed by atoms with Gasteiger partial charge in [0.25, 0.3) is 0 Å². The minimum Gasteiger partial charge on any atom is -0.353 e. The Kier molecular flexibility index (Phi) is 3.97. The lowest BCUT2D eigenvalue weighted by molar-refractivity contribution is -0.120. The normalized spacial score (nSPS) is 33.1. The highest BCUT2D eigenvalue weighted by Crippen LogP contribution is 2.33. The van der Waals surface area contributed by atoms with Crippen molar-refractivity contribution in [3.63, 3.8) is 0 Å². The van der Waals surface area contributed by atoms with Crippen molar-refractivity contribution in [1.82, 2.24) is 5.32 Å². The van der Waals surface area contributed by atoms with E-state index in [0.29, 0.717) is 17.9 Å². The highest BCUT2D eigenvalue weighted by Gasteiger charge is 2.30. The summed E-state index contributed by atoms with van der Waals surface area (Å²) < 4.78 is 0. The Bertz CT molecular complexity index is 200. The lowest BCUT2D eigenvalue weighted by Crippen LogP contribution is -2.44. The zero-order valence-electron chi connectivity index (χ0n) is 9.84. The maximum atomic E-state index is 11.1. The lowest BCUT2D eigenvalue weighted by Gasteiger charge is -2.37. The first kappa shape index (κ1) is 11.5. The van der Waals surface area contributed by atoms with Crippen LogP contribution in [-0.4, -0.2) is 11.9 Å². The Hall–Kier alpha value is -0.530. The first-order valence-corrected chi connectivity index (χ1v) is 5.77. The third-order valence-electron chi connectivity index (χ3n) is 3.41. The number of hydrogen-bond acceptors (Lipinski definition) is 1. The molecular formula is C12H23NO. The summed E-state index contributed by atoms with van der Waals surface area (Å²) in [4.78, 5) is 11.1. The molecule has 0 saturated heterocycles. The molecule has 82 valence electrons. The highest BCUT2D eigenvalue weighted by molar-refractivity contribution is 5.73. The number of nitrogens with one attached hydrogen (secondary N) is 1. The molecule has 1 amide bonds. The van der Waals surface area contributed by atoms with Crippen molar-refractivity contribution >= 4 is 5.91 Å². The van der Waals surface area contributed by atoms with Gasteiger partial charge in [0, 0.05) is 13.0 Å². The molecule has 0 heterocycles. The van der Waals surface area contributed by atoms with Crippen molar-refractivity contribution in [2.24, 2.45) is 17.8 Å². The van der Waals surface area contributed by atoms with Crippen LogP contribution < -0.4 is 5.32 Å². The quantitative estimate of drug-likeness (QED) is 0.724. The fraction of sp³-hybridized carbons (Fsp3) is 0.917. The van der Waals surface area contributed by atoms with Crippen LogP contribution in [-0.2, 0) is 4.79 Å². The van der Waals surface area contributed by atoms with E-state index in [9.17, 15) is 4.79 Å². The minimum atomic E-state index is 0.120. The summed E-state index contributed by atoms with van der Waals surface area (Å²) in [6.07, 6.45) is 3.74. The summed E-state index contributed by atoms with van der Waals surface area (Å²) in [6.45, 7) is 8.42. The van der Waals surface area contributed by atoms with E-state index >= 15 is 0 Å². The van der Waals surface area contributed by atoms with Crippen molar-refractivity contribution in [2.45, 2.75) is 53.0 Å². The average Bonchev–Trinajstić information content (AvgIpc) is 2.01. The number of hydrogen-bond donors (Lipinski definition) is 1. The summed E-state index contributed by atoms with van der Waals surface area (Å²) in [6, 6.07) is 0.413. The largest absolute Gasteiger partial charge is 0.353 e. The molecule has 1 aliphatic carbocycles. The lowest BCUT2D eigenvalue weighted by atomic mass is 9.74. The van der Waals surface area contributed by atoms with Gasteiger partial charge in [-0.3, -0.25) is 4.79 Å². The summed E-state index contributed by atoms with van der Waals surface area (Å²) >= 11 is 0. The Balaban J connectivity index is 2.58. The van der Waals surface area contributed by atoms with Crippen LogP contribution in [0.2, 0.25) is 0 Å². The summed E-state index contributed by atoms with van der Waals surface area (Å²) in [5.41, 5.74) is 0. The second-order valence-electron chi connectivity index (χ2n) is 5.13. The Morgan fingerprint density at radius 1 is 1.36 bits per heavy atom. The topological polar surface area (TPSA) is 29.1 Å². The van der Waals surface area contributed by atoms with Gasteiger partial charge >= 0.3 is 0 Å². The molecule has 0 aromatic rings. The number of amides is 1. The van der Waals surface area contributed by atoms with Gasteiger partial charge in [0.05, 0.1) is 0 Å². The number of rotatable bonds is 2. The van der Waals surface area contributed by atoms with Crippen LogP contribution in [0.15, 0.2) is 0 Å². The predicted octanol–water partition coefficient (Wildman–Crippen LogP) is 2.58. The molecule has 0 radical (unpaired) electrons. The van der Waals surface area contributed by atoms with Gasteiger partial charge in [0.1, 0.15) is 0 Å². The van der Waals surface area contributed by atoms with Crippen molar-refractivity contribution in [2.75, 3.05) is 0 Å². The van der Waals surface area contributed by atoms with E-state index in [1.54, 1.807) is 6.92 Å². The fourth-order valence-electron chi connectivity index (χ4n) is 2.63. The van der Waals surface area contributed by atoms with Gasteiger partial charge in [-0.1, -0.05) is 27.2 Å². The maximum Gasteiger partial charge on any atom is 0.217 e. The second-order valence-corrected chi connectivity index (χ2v) is 5.13. The van der Waals surface area contributed by atoms with E-state index in [2.05, 4.69) is 26.1 Å². The summed E-state index contributed by atoms with van der Waals surface area (Å²) in [5.74, 6) is 2.24. The molecule has 0 spiro atoms. The van der Waals surface area contributed by atoms with Gasteiger partial charge in [0.2, 0.25) is 5.91 Å². The van der Waals surface area contributed by atoms with Gasteiger partial charge in [0.15, 0.2) is 0 Å². The molecule has 14 heavy (non-hydrogen) atoms. The first-order chi connectivity index (χ1) is 6.50. The van der Waals surface area contributed by atoms with Gasteiger partial charge in [-0.25, -0.2) is 0 Å². The van der Waals surface area contributed by atoms with Crippen LogP contribution >= 0.6 is 0 Å². The zero-order valence-corrected chi connectivity index (χ0v) is 9.84. The molecule has 0 aliphatic heterocycles. The van der Waals surface area contributed by atoms with Crippen LogP contribution in [0.25, 0.3) is 0 Å². The molecule has 1 aliphatic rings. The molecule has 0 aromatic carbocycles. The van der Waals surface area contributed by atoms with E-state index < -0.39 is 0 Å². The molecule has 1 fully saturated rings. The van der Waals surface area contributed by atoms with E-state index in [0.717, 1.165) is 12.3 Å². The van der Waals surface area contributed by atoms with Gasteiger partial charge in [-0.05, 0) is 30.6 Å². The second kappa shape index (κ2) is 4.81. The third kappa shape index (κ3) is 3.00. The Morgan fingerprint density at radius 2 is 2.00 bits per heavy atom. The van der Waals surface area contributed by atoms with Crippen molar-refractivity contribution in [3.8, 4) is 0 Å². The van der Waals surface area contributed by atoms with E-state index in [-0.39, 0.29) is 5.91 Å².